The van der Waals surface area contributed by atoms with Gasteiger partial charge in [-0.15, -0.1) is 0 Å². The van der Waals surface area contributed by atoms with Crippen LogP contribution in [0.4, 0.5) is 5.69 Å². The minimum atomic E-state index is -0.639. The number of nitrogens with zero attached hydrogens (tertiary/aromatic N) is 1. The van der Waals surface area contributed by atoms with Crippen molar-refractivity contribution >= 4 is 33.7 Å². The molecule has 1 aliphatic rings. The normalized spacial score (nSPS) is 24.2. The maximum atomic E-state index is 11.3. The van der Waals surface area contributed by atoms with E-state index in [1.807, 2.05) is 6.07 Å². The lowest BCUT2D eigenvalue weighted by molar-refractivity contribution is 0.624. The van der Waals surface area contributed by atoms with Crippen molar-refractivity contribution in [3.8, 4) is 0 Å². The van der Waals surface area contributed by atoms with Gasteiger partial charge in [-0.2, -0.15) is 0 Å². The topological polar surface area (TPSA) is 68.0 Å². The van der Waals surface area contributed by atoms with Gasteiger partial charge in [-0.25, -0.2) is 0 Å². The van der Waals surface area contributed by atoms with E-state index in [0.29, 0.717) is 11.0 Å². The van der Waals surface area contributed by atoms with Crippen molar-refractivity contribution in [1.29, 1.82) is 0 Å². The Kier molecular flexibility index (Phi) is 4.06. The monoisotopic (exact) mass is 269 g/mol. The average Bonchev–Trinajstić information content (AvgIpc) is 2.32. The lowest BCUT2D eigenvalue weighted by Crippen LogP contribution is -2.30. The summed E-state index contributed by atoms with van der Waals surface area (Å²) in [6.07, 6.45) is 5.24. The summed E-state index contributed by atoms with van der Waals surface area (Å²) in [5.41, 5.74) is 7.35. The van der Waals surface area contributed by atoms with Gasteiger partial charge in [-0.1, -0.05) is 12.2 Å². The molecule has 0 saturated carbocycles. The molecule has 1 aliphatic heterocycles. The van der Waals surface area contributed by atoms with E-state index < -0.39 is 10.8 Å². The first kappa shape index (κ1) is 12.4. The smallest absolute Gasteiger partial charge is 0.106 e. The minimum absolute atomic E-state index is 0.338. The zero-order chi connectivity index (χ0) is 12.3. The molecule has 1 aromatic rings. The Morgan fingerprint density at radius 2 is 2.24 bits per heavy atom. The summed E-state index contributed by atoms with van der Waals surface area (Å²) < 4.78 is 11.3. The number of nitrogens with one attached hydrogen (secondary N) is 1. The fourth-order valence-corrected chi connectivity index (χ4v) is 3.36. The second-order valence-electron chi connectivity index (χ2n) is 4.05. The highest BCUT2D eigenvalue weighted by Crippen LogP contribution is 2.19. The summed E-state index contributed by atoms with van der Waals surface area (Å²) in [5.74, 6) is 1.53. The zero-order valence-electron chi connectivity index (χ0n) is 9.39. The molecular formula is C11H15N3OS2. The fourth-order valence-electron chi connectivity index (χ4n) is 1.88. The van der Waals surface area contributed by atoms with Crippen molar-refractivity contribution in [3.63, 3.8) is 0 Å². The molecule has 0 unspecified atom stereocenters. The summed E-state index contributed by atoms with van der Waals surface area (Å²) in [7, 11) is -0.639. The molecule has 0 radical (unpaired) electrons. The number of rotatable bonds is 3. The van der Waals surface area contributed by atoms with Crippen LogP contribution in [0.5, 0.6) is 0 Å². The molecular weight excluding hydrogens is 254 g/mol. The number of pyridine rings is 1. The van der Waals surface area contributed by atoms with Gasteiger partial charge < -0.3 is 11.1 Å². The van der Waals surface area contributed by atoms with Crippen LogP contribution >= 0.6 is 12.2 Å². The van der Waals surface area contributed by atoms with Gasteiger partial charge in [0.15, 0.2) is 0 Å². The van der Waals surface area contributed by atoms with Gasteiger partial charge >= 0.3 is 0 Å². The molecule has 4 nitrogen and oxygen atoms in total. The SMILES string of the molecule is NC(=S)c1ccncc1NC1CCS(=O)CC1. The first-order chi connectivity index (χ1) is 8.16. The van der Waals surface area contributed by atoms with Gasteiger partial charge in [0, 0.05) is 40.1 Å². The van der Waals surface area contributed by atoms with Gasteiger partial charge in [0.2, 0.25) is 0 Å². The Morgan fingerprint density at radius 1 is 1.53 bits per heavy atom. The number of hydrogen-bond donors (Lipinski definition) is 2. The second kappa shape index (κ2) is 5.55. The van der Waals surface area contributed by atoms with E-state index in [0.717, 1.165) is 35.6 Å². The van der Waals surface area contributed by atoms with E-state index in [-0.39, 0.29) is 0 Å². The minimum Gasteiger partial charge on any atom is -0.389 e. The first-order valence-electron chi connectivity index (χ1n) is 5.52. The van der Waals surface area contributed by atoms with Gasteiger partial charge in [-0.05, 0) is 18.9 Å². The Labute approximate surface area is 108 Å². The molecule has 0 bridgehead atoms. The lowest BCUT2D eigenvalue weighted by Gasteiger charge is -2.24. The highest BCUT2D eigenvalue weighted by molar-refractivity contribution is 7.85. The molecule has 2 rings (SSSR count). The summed E-state index contributed by atoms with van der Waals surface area (Å²) in [4.78, 5) is 4.44. The van der Waals surface area contributed by atoms with E-state index in [2.05, 4.69) is 10.3 Å². The van der Waals surface area contributed by atoms with Crippen molar-refractivity contribution in [2.75, 3.05) is 16.8 Å². The van der Waals surface area contributed by atoms with E-state index in [1.165, 1.54) is 0 Å². The average molecular weight is 269 g/mol. The standard InChI is InChI=1S/C11H15N3OS2/c12-11(16)9-1-4-13-7-10(9)14-8-2-5-17(15)6-3-8/h1,4,7-8,14H,2-3,5-6H2,(H2,12,16). The largest absolute Gasteiger partial charge is 0.389 e. The van der Waals surface area contributed by atoms with Crippen LogP contribution in [0.25, 0.3) is 0 Å². The van der Waals surface area contributed by atoms with Crippen LogP contribution in [-0.4, -0.2) is 31.7 Å². The van der Waals surface area contributed by atoms with Gasteiger partial charge in [0.1, 0.15) is 4.99 Å². The Bertz CT molecular complexity index is 440. The van der Waals surface area contributed by atoms with Crippen LogP contribution in [0, 0.1) is 0 Å². The predicted octanol–water partition coefficient (Wildman–Crippen LogP) is 1.04. The van der Waals surface area contributed by atoms with Crippen molar-refractivity contribution in [2.45, 2.75) is 18.9 Å². The Hall–Kier alpha value is -1.01. The molecule has 1 saturated heterocycles. The third kappa shape index (κ3) is 3.23. The molecule has 6 heteroatoms. The molecule has 0 aliphatic carbocycles. The van der Waals surface area contributed by atoms with Crippen LogP contribution < -0.4 is 11.1 Å². The zero-order valence-corrected chi connectivity index (χ0v) is 11.0. The number of hydrogen-bond acceptors (Lipinski definition) is 4. The van der Waals surface area contributed by atoms with Crippen LogP contribution in [0.1, 0.15) is 18.4 Å². The third-order valence-electron chi connectivity index (χ3n) is 2.83. The highest BCUT2D eigenvalue weighted by atomic mass is 32.2. The summed E-state index contributed by atoms with van der Waals surface area (Å²) in [6, 6.07) is 2.15. The van der Waals surface area contributed by atoms with E-state index in [9.17, 15) is 4.21 Å². The molecule has 0 aromatic carbocycles. The number of aromatic nitrogens is 1. The van der Waals surface area contributed by atoms with Crippen molar-refractivity contribution in [1.82, 2.24) is 4.98 Å². The van der Waals surface area contributed by atoms with Crippen molar-refractivity contribution in [2.24, 2.45) is 5.73 Å². The van der Waals surface area contributed by atoms with Gasteiger partial charge in [-0.3, -0.25) is 9.19 Å². The molecule has 17 heavy (non-hydrogen) atoms. The number of anilines is 1. The van der Waals surface area contributed by atoms with Crippen LogP contribution in [0.2, 0.25) is 0 Å². The van der Waals surface area contributed by atoms with Crippen LogP contribution in [0.3, 0.4) is 0 Å². The Morgan fingerprint density at radius 3 is 2.88 bits per heavy atom. The Balaban J connectivity index is 2.08. The molecule has 92 valence electrons. The first-order valence-corrected chi connectivity index (χ1v) is 7.42. The summed E-state index contributed by atoms with van der Waals surface area (Å²) >= 11 is 5.00. The second-order valence-corrected chi connectivity index (χ2v) is 6.19. The van der Waals surface area contributed by atoms with Gasteiger partial charge in [0.25, 0.3) is 0 Å². The molecule has 0 atom stereocenters. The fraction of sp³-hybridized carbons (Fsp3) is 0.455. The molecule has 1 fully saturated rings. The molecule has 0 amide bonds. The van der Waals surface area contributed by atoms with Gasteiger partial charge in [0.05, 0.1) is 11.9 Å². The van der Waals surface area contributed by atoms with E-state index in [4.69, 9.17) is 18.0 Å². The van der Waals surface area contributed by atoms with Crippen LogP contribution in [-0.2, 0) is 10.8 Å². The van der Waals surface area contributed by atoms with Crippen molar-refractivity contribution < 1.29 is 4.21 Å². The third-order valence-corrected chi connectivity index (χ3v) is 4.44. The number of nitrogens with two attached hydrogens (primary N) is 1. The number of thiocarbonyl (C=S) groups is 1. The molecule has 2 heterocycles. The van der Waals surface area contributed by atoms with Crippen molar-refractivity contribution in [3.05, 3.63) is 24.0 Å². The molecule has 3 N–H and O–H groups in total. The van der Waals surface area contributed by atoms with E-state index in [1.54, 1.807) is 12.4 Å². The quantitative estimate of drug-likeness (QED) is 0.803. The molecule has 0 spiro atoms. The van der Waals surface area contributed by atoms with Crippen LogP contribution in [0.15, 0.2) is 18.5 Å². The maximum Gasteiger partial charge on any atom is 0.106 e. The predicted molar refractivity (Wildman–Crippen MR) is 74.6 cm³/mol. The van der Waals surface area contributed by atoms with E-state index >= 15 is 0 Å². The lowest BCUT2D eigenvalue weighted by atomic mass is 10.1. The summed E-state index contributed by atoms with van der Waals surface area (Å²) in [6.45, 7) is 0. The maximum absolute atomic E-state index is 11.3. The summed E-state index contributed by atoms with van der Waals surface area (Å²) in [5, 5.41) is 3.39. The highest BCUT2D eigenvalue weighted by Gasteiger charge is 2.18. The molecule has 1 aromatic heterocycles.